The number of fused-ring (bicyclic) bond motifs is 1. The molecule has 0 spiro atoms. The summed E-state index contributed by atoms with van der Waals surface area (Å²) in [7, 11) is 0. The SMILES string of the molecule is O=C(O)/C(=C\c1ccc(Cl)cc1)c1ccc2c(c1)OCO2. The number of carboxylic acid groups (broad SMARTS) is 1. The van der Waals surface area contributed by atoms with E-state index in [2.05, 4.69) is 0 Å². The van der Waals surface area contributed by atoms with Gasteiger partial charge in [-0.25, -0.2) is 4.79 Å². The molecule has 0 aromatic heterocycles. The molecule has 0 radical (unpaired) electrons. The summed E-state index contributed by atoms with van der Waals surface area (Å²) in [6.07, 6.45) is 1.59. The standard InChI is InChI=1S/C16H11ClO4/c17-12-4-1-10(2-5-12)7-13(16(18)19)11-3-6-14-15(8-11)21-9-20-14/h1-8H,9H2,(H,18,19)/b13-7-. The minimum Gasteiger partial charge on any atom is -0.478 e. The highest BCUT2D eigenvalue weighted by Crippen LogP contribution is 2.35. The average Bonchev–Trinajstić information content (AvgIpc) is 2.93. The van der Waals surface area contributed by atoms with Gasteiger partial charge in [0, 0.05) is 5.02 Å². The van der Waals surface area contributed by atoms with E-state index >= 15 is 0 Å². The number of aliphatic carboxylic acids is 1. The third-order valence-electron chi connectivity index (χ3n) is 3.09. The number of carboxylic acids is 1. The summed E-state index contributed by atoms with van der Waals surface area (Å²) >= 11 is 5.82. The van der Waals surface area contributed by atoms with Gasteiger partial charge >= 0.3 is 5.97 Å². The fraction of sp³-hybridized carbons (Fsp3) is 0.0625. The number of halogens is 1. The van der Waals surface area contributed by atoms with Gasteiger partial charge in [0.15, 0.2) is 11.5 Å². The third kappa shape index (κ3) is 2.85. The summed E-state index contributed by atoms with van der Waals surface area (Å²) in [6.45, 7) is 0.155. The van der Waals surface area contributed by atoms with Crippen molar-refractivity contribution >= 4 is 29.2 Å². The molecule has 0 amide bonds. The van der Waals surface area contributed by atoms with Crippen LogP contribution in [0.1, 0.15) is 11.1 Å². The molecule has 0 fully saturated rings. The van der Waals surface area contributed by atoms with Crippen LogP contribution in [-0.4, -0.2) is 17.9 Å². The lowest BCUT2D eigenvalue weighted by Crippen LogP contribution is -1.99. The lowest BCUT2D eigenvalue weighted by atomic mass is 10.0. The Hall–Kier alpha value is -2.46. The predicted octanol–water partition coefficient (Wildman–Crippen LogP) is 3.69. The summed E-state index contributed by atoms with van der Waals surface area (Å²) < 4.78 is 10.5. The van der Waals surface area contributed by atoms with E-state index in [1.54, 1.807) is 48.5 Å². The maximum atomic E-state index is 11.5. The summed E-state index contributed by atoms with van der Waals surface area (Å²) in [5, 5.41) is 10.0. The first-order chi connectivity index (χ1) is 10.1. The first-order valence-corrected chi connectivity index (χ1v) is 6.62. The molecule has 1 heterocycles. The van der Waals surface area contributed by atoms with E-state index in [1.165, 1.54) is 0 Å². The first kappa shape index (κ1) is 13.5. The summed E-state index contributed by atoms with van der Waals surface area (Å²) in [5.74, 6) is 0.162. The van der Waals surface area contributed by atoms with Gasteiger partial charge in [0.05, 0.1) is 5.57 Å². The van der Waals surface area contributed by atoms with Crippen LogP contribution in [0, 0.1) is 0 Å². The molecule has 0 saturated heterocycles. The summed E-state index contributed by atoms with van der Waals surface area (Å²) in [4.78, 5) is 11.5. The first-order valence-electron chi connectivity index (χ1n) is 6.24. The molecule has 0 saturated carbocycles. The molecule has 106 valence electrons. The number of hydrogen-bond donors (Lipinski definition) is 1. The highest BCUT2D eigenvalue weighted by atomic mass is 35.5. The molecule has 0 atom stereocenters. The zero-order valence-corrected chi connectivity index (χ0v) is 11.6. The van der Waals surface area contributed by atoms with Gasteiger partial charge in [-0.2, -0.15) is 0 Å². The Balaban J connectivity index is 2.02. The maximum Gasteiger partial charge on any atom is 0.336 e. The van der Waals surface area contributed by atoms with E-state index in [-0.39, 0.29) is 12.4 Å². The van der Waals surface area contributed by atoms with Crippen molar-refractivity contribution in [3.63, 3.8) is 0 Å². The second kappa shape index (κ2) is 5.50. The lowest BCUT2D eigenvalue weighted by molar-refractivity contribution is -0.130. The van der Waals surface area contributed by atoms with Crippen LogP contribution in [0.5, 0.6) is 11.5 Å². The van der Waals surface area contributed by atoms with Crippen molar-refractivity contribution in [3.05, 3.63) is 58.6 Å². The Labute approximate surface area is 126 Å². The number of carbonyl (C=O) groups is 1. The average molecular weight is 303 g/mol. The van der Waals surface area contributed by atoms with Gasteiger partial charge in [0.1, 0.15) is 0 Å². The van der Waals surface area contributed by atoms with Crippen molar-refractivity contribution in [3.8, 4) is 11.5 Å². The van der Waals surface area contributed by atoms with E-state index in [0.29, 0.717) is 22.1 Å². The number of benzene rings is 2. The van der Waals surface area contributed by atoms with Crippen molar-refractivity contribution in [2.75, 3.05) is 6.79 Å². The fourth-order valence-corrected chi connectivity index (χ4v) is 2.18. The van der Waals surface area contributed by atoms with Gasteiger partial charge in [-0.1, -0.05) is 29.8 Å². The zero-order valence-electron chi connectivity index (χ0n) is 10.9. The largest absolute Gasteiger partial charge is 0.478 e. The van der Waals surface area contributed by atoms with Crippen molar-refractivity contribution in [1.82, 2.24) is 0 Å². The fourth-order valence-electron chi connectivity index (χ4n) is 2.06. The van der Waals surface area contributed by atoms with Crippen LogP contribution in [0.15, 0.2) is 42.5 Å². The van der Waals surface area contributed by atoms with Crippen molar-refractivity contribution < 1.29 is 19.4 Å². The van der Waals surface area contributed by atoms with Gasteiger partial charge in [0.2, 0.25) is 6.79 Å². The molecule has 0 aliphatic carbocycles. The second-order valence-electron chi connectivity index (χ2n) is 4.48. The minimum atomic E-state index is -1.01. The van der Waals surface area contributed by atoms with Crippen LogP contribution >= 0.6 is 11.6 Å². The molecule has 2 aromatic carbocycles. The molecule has 1 aliphatic heterocycles. The molecule has 0 unspecified atom stereocenters. The molecule has 5 heteroatoms. The van der Waals surface area contributed by atoms with E-state index in [4.69, 9.17) is 21.1 Å². The quantitative estimate of drug-likeness (QED) is 0.694. The van der Waals surface area contributed by atoms with Crippen molar-refractivity contribution in [1.29, 1.82) is 0 Å². The highest BCUT2D eigenvalue weighted by Gasteiger charge is 2.17. The van der Waals surface area contributed by atoms with Crippen LogP contribution in [-0.2, 0) is 4.79 Å². The number of hydrogen-bond acceptors (Lipinski definition) is 3. The Morgan fingerprint density at radius 3 is 2.52 bits per heavy atom. The topological polar surface area (TPSA) is 55.8 Å². The summed E-state index contributed by atoms with van der Waals surface area (Å²) in [5.41, 5.74) is 1.49. The normalized spacial score (nSPS) is 13.3. The Morgan fingerprint density at radius 2 is 1.81 bits per heavy atom. The summed E-state index contributed by atoms with van der Waals surface area (Å²) in [6, 6.07) is 12.0. The van der Waals surface area contributed by atoms with Gasteiger partial charge in [-0.15, -0.1) is 0 Å². The smallest absolute Gasteiger partial charge is 0.336 e. The Bertz CT molecular complexity index is 720. The second-order valence-corrected chi connectivity index (χ2v) is 4.92. The van der Waals surface area contributed by atoms with Crippen LogP contribution < -0.4 is 9.47 Å². The molecule has 21 heavy (non-hydrogen) atoms. The van der Waals surface area contributed by atoms with Crippen molar-refractivity contribution in [2.24, 2.45) is 0 Å². The molecule has 0 bridgehead atoms. The van der Waals surface area contributed by atoms with Crippen molar-refractivity contribution in [2.45, 2.75) is 0 Å². The maximum absolute atomic E-state index is 11.5. The van der Waals surface area contributed by atoms with E-state index in [0.717, 1.165) is 5.56 Å². The predicted molar refractivity (Wildman–Crippen MR) is 79.5 cm³/mol. The molecular weight excluding hydrogens is 292 g/mol. The Morgan fingerprint density at radius 1 is 1.10 bits per heavy atom. The lowest BCUT2D eigenvalue weighted by Gasteiger charge is -2.05. The molecule has 2 aromatic rings. The molecule has 1 N–H and O–H groups in total. The van der Waals surface area contributed by atoms with E-state index in [1.807, 2.05) is 0 Å². The molecule has 1 aliphatic rings. The minimum absolute atomic E-state index is 0.155. The number of ether oxygens (including phenoxy) is 2. The van der Waals surface area contributed by atoms with Crippen LogP contribution in [0.25, 0.3) is 11.6 Å². The third-order valence-corrected chi connectivity index (χ3v) is 3.35. The van der Waals surface area contributed by atoms with E-state index in [9.17, 15) is 9.90 Å². The van der Waals surface area contributed by atoms with Crippen LogP contribution in [0.4, 0.5) is 0 Å². The Kier molecular flexibility index (Phi) is 3.54. The van der Waals surface area contributed by atoms with Gasteiger partial charge in [-0.3, -0.25) is 0 Å². The van der Waals surface area contributed by atoms with Gasteiger partial charge < -0.3 is 14.6 Å². The monoisotopic (exact) mass is 302 g/mol. The van der Waals surface area contributed by atoms with Gasteiger partial charge in [0.25, 0.3) is 0 Å². The molecule has 4 nitrogen and oxygen atoms in total. The van der Waals surface area contributed by atoms with Crippen LogP contribution in [0.3, 0.4) is 0 Å². The molecule has 3 rings (SSSR count). The zero-order chi connectivity index (χ0) is 14.8. The highest BCUT2D eigenvalue weighted by molar-refractivity contribution is 6.30. The van der Waals surface area contributed by atoms with E-state index < -0.39 is 5.97 Å². The molecular formula is C16H11ClO4. The van der Waals surface area contributed by atoms with Gasteiger partial charge in [-0.05, 0) is 41.5 Å². The number of rotatable bonds is 3. The van der Waals surface area contributed by atoms with Crippen LogP contribution in [0.2, 0.25) is 5.02 Å².